The van der Waals surface area contributed by atoms with E-state index in [1.54, 1.807) is 32.9 Å². The summed E-state index contributed by atoms with van der Waals surface area (Å²) in [5.74, 6) is 0. The summed E-state index contributed by atoms with van der Waals surface area (Å²) in [6.45, 7) is 5.02. The number of nitrogens with one attached hydrogen (secondary N) is 1. The molecule has 1 aromatic carbocycles. The average Bonchev–Trinajstić information content (AvgIpc) is 2.60. The summed E-state index contributed by atoms with van der Waals surface area (Å²) >= 11 is 0. The van der Waals surface area contributed by atoms with Crippen molar-refractivity contribution in [1.29, 1.82) is 0 Å². The van der Waals surface area contributed by atoms with Crippen LogP contribution in [0.1, 0.15) is 20.8 Å². The minimum atomic E-state index is -3.84. The molecule has 0 saturated carbocycles. The highest BCUT2D eigenvalue weighted by molar-refractivity contribution is 7.87. The summed E-state index contributed by atoms with van der Waals surface area (Å²) in [6.07, 6.45) is 0. The number of H-pyrrole nitrogens is 1. The zero-order valence-corrected chi connectivity index (χ0v) is 10.6. The largest absolute Gasteiger partial charge is 0.299 e. The Bertz CT molecular complexity index is 640. The molecule has 7 heteroatoms. The molecule has 0 fully saturated rings. The molecular weight excluding hydrogens is 242 g/mol. The number of hydrogen-bond acceptors (Lipinski definition) is 5. The minimum absolute atomic E-state index is 0.0266. The van der Waals surface area contributed by atoms with E-state index in [9.17, 15) is 8.42 Å². The van der Waals surface area contributed by atoms with Gasteiger partial charge in [-0.1, -0.05) is 6.07 Å². The third kappa shape index (κ3) is 2.45. The second-order valence-corrected chi connectivity index (χ2v) is 6.11. The molecule has 1 N–H and O–H groups in total. The van der Waals surface area contributed by atoms with E-state index in [-0.39, 0.29) is 10.4 Å². The fourth-order valence-electron chi connectivity index (χ4n) is 1.42. The highest BCUT2D eigenvalue weighted by Crippen LogP contribution is 2.24. The minimum Gasteiger partial charge on any atom is -0.261 e. The third-order valence-electron chi connectivity index (χ3n) is 1.94. The maximum atomic E-state index is 12.1. The van der Waals surface area contributed by atoms with Crippen LogP contribution in [0.4, 0.5) is 0 Å². The lowest BCUT2D eigenvalue weighted by atomic mass is 10.2. The number of nitrogens with zero attached hydrogens (tertiary/aromatic N) is 2. The van der Waals surface area contributed by atoms with Gasteiger partial charge in [-0.05, 0) is 32.9 Å². The fraction of sp³-hybridized carbons (Fsp3) is 0.400. The molecule has 92 valence electrons. The number of rotatable bonds is 2. The Balaban J connectivity index is 2.57. The number of benzene rings is 1. The van der Waals surface area contributed by atoms with Crippen molar-refractivity contribution in [2.75, 3.05) is 0 Å². The van der Waals surface area contributed by atoms with Gasteiger partial charge >= 0.3 is 0 Å². The Morgan fingerprint density at radius 2 is 1.94 bits per heavy atom. The maximum Gasteiger partial charge on any atom is 0.299 e. The Hall–Kier alpha value is -1.47. The molecule has 0 radical (unpaired) electrons. The van der Waals surface area contributed by atoms with E-state index < -0.39 is 15.7 Å². The first-order chi connectivity index (χ1) is 7.80. The van der Waals surface area contributed by atoms with Crippen LogP contribution in [0.2, 0.25) is 0 Å². The SMILES string of the molecule is CC(C)(C)OS(=O)(=O)c1cccc2n[nH]nc12. The normalized spacial score (nSPS) is 13.1. The molecule has 0 aliphatic rings. The Morgan fingerprint density at radius 1 is 1.24 bits per heavy atom. The quantitative estimate of drug-likeness (QED) is 0.821. The molecule has 2 rings (SSSR count). The molecule has 0 bridgehead atoms. The molecule has 0 amide bonds. The summed E-state index contributed by atoms with van der Waals surface area (Å²) in [6, 6.07) is 4.73. The summed E-state index contributed by atoms with van der Waals surface area (Å²) < 4.78 is 29.2. The van der Waals surface area contributed by atoms with Gasteiger partial charge in [0.15, 0.2) is 0 Å². The van der Waals surface area contributed by atoms with E-state index in [0.717, 1.165) is 0 Å². The molecular formula is C10H13N3O3S. The van der Waals surface area contributed by atoms with Gasteiger partial charge in [-0.3, -0.25) is 4.18 Å². The van der Waals surface area contributed by atoms with Crippen LogP contribution in [-0.2, 0) is 14.3 Å². The van der Waals surface area contributed by atoms with Gasteiger partial charge in [0, 0.05) is 0 Å². The van der Waals surface area contributed by atoms with E-state index in [2.05, 4.69) is 15.4 Å². The Kier molecular flexibility index (Phi) is 2.67. The van der Waals surface area contributed by atoms with Crippen LogP contribution in [0.5, 0.6) is 0 Å². The smallest absolute Gasteiger partial charge is 0.261 e. The zero-order valence-electron chi connectivity index (χ0n) is 9.76. The lowest BCUT2D eigenvalue weighted by Crippen LogP contribution is -2.24. The predicted molar refractivity (Wildman–Crippen MR) is 61.9 cm³/mol. The number of aromatic nitrogens is 3. The van der Waals surface area contributed by atoms with Crippen molar-refractivity contribution in [2.24, 2.45) is 0 Å². The van der Waals surface area contributed by atoms with Crippen LogP contribution in [0.15, 0.2) is 23.1 Å². The number of fused-ring (bicyclic) bond motifs is 1. The van der Waals surface area contributed by atoms with Crippen LogP contribution in [-0.4, -0.2) is 29.4 Å². The Labute approximate surface area is 99.1 Å². The Morgan fingerprint density at radius 3 is 2.59 bits per heavy atom. The summed E-state index contributed by atoms with van der Waals surface area (Å²) in [4.78, 5) is 0.0266. The molecule has 0 aliphatic heterocycles. The number of para-hydroxylation sites is 1. The summed E-state index contributed by atoms with van der Waals surface area (Å²) in [7, 11) is -3.84. The first kappa shape index (κ1) is 12.0. The third-order valence-corrected chi connectivity index (χ3v) is 3.53. The second kappa shape index (κ2) is 3.78. The van der Waals surface area contributed by atoms with Crippen LogP contribution < -0.4 is 0 Å². The topological polar surface area (TPSA) is 84.9 Å². The van der Waals surface area contributed by atoms with Crippen molar-refractivity contribution in [1.82, 2.24) is 15.4 Å². The van der Waals surface area contributed by atoms with E-state index in [1.165, 1.54) is 6.07 Å². The van der Waals surface area contributed by atoms with Crippen LogP contribution in [0, 0.1) is 0 Å². The van der Waals surface area contributed by atoms with Gasteiger partial charge in [0.25, 0.3) is 10.1 Å². The van der Waals surface area contributed by atoms with Crippen molar-refractivity contribution >= 4 is 21.2 Å². The molecule has 6 nitrogen and oxygen atoms in total. The number of aromatic amines is 1. The van der Waals surface area contributed by atoms with E-state index >= 15 is 0 Å². The molecule has 17 heavy (non-hydrogen) atoms. The van der Waals surface area contributed by atoms with Gasteiger partial charge in [0.1, 0.15) is 15.9 Å². The monoisotopic (exact) mass is 255 g/mol. The molecule has 0 saturated heterocycles. The number of hydrogen-bond donors (Lipinski definition) is 1. The van der Waals surface area contributed by atoms with Gasteiger partial charge in [-0.2, -0.15) is 23.8 Å². The molecule has 2 aromatic rings. The van der Waals surface area contributed by atoms with Crippen LogP contribution >= 0.6 is 0 Å². The second-order valence-electron chi connectivity index (χ2n) is 4.60. The average molecular weight is 255 g/mol. The van der Waals surface area contributed by atoms with Gasteiger partial charge in [0.05, 0.1) is 5.60 Å². The molecule has 0 aliphatic carbocycles. The van der Waals surface area contributed by atoms with Crippen molar-refractivity contribution in [3.8, 4) is 0 Å². The highest BCUT2D eigenvalue weighted by Gasteiger charge is 2.26. The van der Waals surface area contributed by atoms with Crippen LogP contribution in [0.25, 0.3) is 11.0 Å². The van der Waals surface area contributed by atoms with Crippen molar-refractivity contribution < 1.29 is 12.6 Å². The summed E-state index contributed by atoms with van der Waals surface area (Å²) in [5, 5.41) is 10.0. The molecule has 1 heterocycles. The standard InChI is InChI=1S/C10H13N3O3S/c1-10(2,3)16-17(14,15)8-6-4-5-7-9(8)12-13-11-7/h4-6H,1-3H3,(H,11,12,13). The maximum absolute atomic E-state index is 12.1. The van der Waals surface area contributed by atoms with Gasteiger partial charge < -0.3 is 0 Å². The molecule has 1 aromatic heterocycles. The molecule has 0 spiro atoms. The summed E-state index contributed by atoms with van der Waals surface area (Å²) in [5.41, 5.74) is -0.00888. The zero-order chi connectivity index (χ0) is 12.7. The van der Waals surface area contributed by atoms with Gasteiger partial charge in [0.2, 0.25) is 0 Å². The van der Waals surface area contributed by atoms with E-state index in [1.807, 2.05) is 0 Å². The van der Waals surface area contributed by atoms with Crippen molar-refractivity contribution in [3.05, 3.63) is 18.2 Å². The first-order valence-electron chi connectivity index (χ1n) is 5.05. The molecule has 0 unspecified atom stereocenters. The van der Waals surface area contributed by atoms with E-state index in [4.69, 9.17) is 4.18 Å². The van der Waals surface area contributed by atoms with Crippen LogP contribution in [0.3, 0.4) is 0 Å². The van der Waals surface area contributed by atoms with Crippen molar-refractivity contribution in [3.63, 3.8) is 0 Å². The molecule has 0 atom stereocenters. The fourth-order valence-corrected chi connectivity index (χ4v) is 2.80. The highest BCUT2D eigenvalue weighted by atomic mass is 32.2. The lowest BCUT2D eigenvalue weighted by molar-refractivity contribution is 0.140. The predicted octanol–water partition coefficient (Wildman–Crippen LogP) is 1.46. The van der Waals surface area contributed by atoms with Gasteiger partial charge in [-0.15, -0.1) is 0 Å². The van der Waals surface area contributed by atoms with Gasteiger partial charge in [-0.25, -0.2) is 0 Å². The lowest BCUT2D eigenvalue weighted by Gasteiger charge is -2.18. The van der Waals surface area contributed by atoms with E-state index in [0.29, 0.717) is 5.52 Å². The first-order valence-corrected chi connectivity index (χ1v) is 6.45. The van der Waals surface area contributed by atoms with Crippen molar-refractivity contribution in [2.45, 2.75) is 31.3 Å².